The minimum Gasteiger partial charge on any atom is -0.310 e. The highest BCUT2D eigenvalue weighted by molar-refractivity contribution is 9.10. The van der Waals surface area contributed by atoms with Crippen LogP contribution in [0, 0.1) is 0 Å². The molecule has 0 aromatic heterocycles. The zero-order chi connectivity index (χ0) is 21.9. The second-order valence-electron chi connectivity index (χ2n) is 8.84. The number of rotatable bonds is 3. The molecule has 30 heavy (non-hydrogen) atoms. The van der Waals surface area contributed by atoms with Crippen LogP contribution in [-0.4, -0.2) is 5.92 Å². The number of benzene rings is 3. The van der Waals surface area contributed by atoms with E-state index in [4.69, 9.17) is 0 Å². The maximum absolute atomic E-state index is 15.3. The van der Waals surface area contributed by atoms with Crippen LogP contribution in [0.3, 0.4) is 0 Å². The van der Waals surface area contributed by atoms with Gasteiger partial charge in [0.05, 0.1) is 10.8 Å². The second kappa shape index (κ2) is 7.16. The number of nitrogens with zero attached hydrogens (tertiary/aromatic N) is 1. The highest BCUT2D eigenvalue weighted by atomic mass is 79.9. The molecule has 0 bridgehead atoms. The first-order chi connectivity index (χ1) is 14.0. The van der Waals surface area contributed by atoms with Gasteiger partial charge in [-0.25, -0.2) is 8.78 Å². The van der Waals surface area contributed by atoms with Crippen molar-refractivity contribution in [3.63, 3.8) is 0 Å². The zero-order valence-corrected chi connectivity index (χ0v) is 20.5. The first-order valence-corrected chi connectivity index (χ1v) is 11.4. The lowest BCUT2D eigenvalue weighted by atomic mass is 9.77. The lowest BCUT2D eigenvalue weighted by Crippen LogP contribution is -2.46. The Morgan fingerprint density at radius 3 is 1.47 bits per heavy atom. The van der Waals surface area contributed by atoms with E-state index < -0.39 is 16.8 Å². The Labute approximate surface area is 193 Å². The molecule has 0 aliphatic heterocycles. The molecular formula is C25H23Br2F2N. The van der Waals surface area contributed by atoms with E-state index >= 15 is 8.78 Å². The summed E-state index contributed by atoms with van der Waals surface area (Å²) in [5.74, 6) is -2.85. The minimum absolute atomic E-state index is 0.703. The van der Waals surface area contributed by atoms with Gasteiger partial charge in [0.2, 0.25) is 0 Å². The first kappa shape index (κ1) is 21.5. The lowest BCUT2D eigenvalue weighted by molar-refractivity contribution is -0.105. The maximum Gasteiger partial charge on any atom is 0.266 e. The van der Waals surface area contributed by atoms with E-state index in [-0.39, 0.29) is 0 Å². The van der Waals surface area contributed by atoms with Gasteiger partial charge in [0.15, 0.2) is 0 Å². The third-order valence-corrected chi connectivity index (χ3v) is 7.40. The molecule has 0 N–H and O–H groups in total. The summed E-state index contributed by atoms with van der Waals surface area (Å²) in [5, 5.41) is 0. The molecule has 0 unspecified atom stereocenters. The highest BCUT2D eigenvalue weighted by Gasteiger charge is 2.65. The fraction of sp³-hybridized carbons (Fsp3) is 0.280. The van der Waals surface area contributed by atoms with Gasteiger partial charge < -0.3 is 4.90 Å². The van der Waals surface area contributed by atoms with Gasteiger partial charge in [-0.2, -0.15) is 0 Å². The van der Waals surface area contributed by atoms with E-state index in [9.17, 15) is 0 Å². The van der Waals surface area contributed by atoms with Gasteiger partial charge in [0, 0.05) is 26.0 Å². The molecule has 1 aliphatic rings. The first-order valence-electron chi connectivity index (χ1n) is 9.81. The van der Waals surface area contributed by atoms with Gasteiger partial charge in [-0.1, -0.05) is 37.9 Å². The van der Waals surface area contributed by atoms with Gasteiger partial charge in [-0.05, 0) is 99.5 Å². The van der Waals surface area contributed by atoms with Crippen molar-refractivity contribution in [3.8, 4) is 0 Å². The largest absolute Gasteiger partial charge is 0.310 e. The Morgan fingerprint density at radius 2 is 1.00 bits per heavy atom. The molecular weight excluding hydrogens is 512 g/mol. The molecule has 0 saturated carbocycles. The van der Waals surface area contributed by atoms with Crippen molar-refractivity contribution in [1.82, 2.24) is 0 Å². The summed E-state index contributed by atoms with van der Waals surface area (Å²) in [7, 11) is 0. The molecule has 1 nitrogen and oxygen atoms in total. The predicted octanol–water partition coefficient (Wildman–Crippen LogP) is 8.89. The van der Waals surface area contributed by atoms with Crippen molar-refractivity contribution >= 4 is 48.9 Å². The SMILES string of the molecule is CC1(C)c2ccc(N(c3ccc(Br)cc3)c3ccc(Br)cc3)cc2C(C)(C)C1(F)F. The Kier molecular flexibility index (Phi) is 5.14. The number of alkyl halides is 2. The molecule has 0 fully saturated rings. The quantitative estimate of drug-likeness (QED) is 0.324. The molecule has 0 saturated heterocycles. The summed E-state index contributed by atoms with van der Waals surface area (Å²) in [4.78, 5) is 2.10. The van der Waals surface area contributed by atoms with Crippen LogP contribution in [0.15, 0.2) is 75.7 Å². The number of halogens is 4. The smallest absolute Gasteiger partial charge is 0.266 e. The molecule has 4 rings (SSSR count). The van der Waals surface area contributed by atoms with Gasteiger partial charge in [-0.3, -0.25) is 0 Å². The summed E-state index contributed by atoms with van der Waals surface area (Å²) >= 11 is 6.98. The Balaban J connectivity index is 1.92. The van der Waals surface area contributed by atoms with Crippen molar-refractivity contribution in [2.75, 3.05) is 4.90 Å². The van der Waals surface area contributed by atoms with E-state index in [1.165, 1.54) is 0 Å². The molecule has 1 aliphatic carbocycles. The lowest BCUT2D eigenvalue weighted by Gasteiger charge is -2.35. The molecule has 0 amide bonds. The number of fused-ring (bicyclic) bond motifs is 1. The standard InChI is InChI=1S/C25H23Br2F2N/c1-23(2)21-14-13-20(15-22(21)24(3,4)25(23,28)29)30(18-9-5-16(26)6-10-18)19-11-7-17(27)8-12-19/h5-15H,1-4H3. The van der Waals surface area contributed by atoms with E-state index in [2.05, 4.69) is 36.8 Å². The Morgan fingerprint density at radius 1 is 0.600 bits per heavy atom. The summed E-state index contributed by atoms with van der Waals surface area (Å²) in [6, 6.07) is 21.7. The van der Waals surface area contributed by atoms with E-state index in [0.29, 0.717) is 11.1 Å². The summed E-state index contributed by atoms with van der Waals surface area (Å²) < 4.78 is 32.6. The number of anilines is 3. The minimum atomic E-state index is -2.85. The third kappa shape index (κ3) is 3.13. The van der Waals surface area contributed by atoms with Crippen LogP contribution in [-0.2, 0) is 10.8 Å². The van der Waals surface area contributed by atoms with Crippen LogP contribution in [0.4, 0.5) is 25.8 Å². The predicted molar refractivity (Wildman–Crippen MR) is 128 cm³/mol. The van der Waals surface area contributed by atoms with Gasteiger partial charge in [0.25, 0.3) is 5.92 Å². The molecule has 0 radical (unpaired) electrons. The van der Waals surface area contributed by atoms with Crippen LogP contribution in [0.25, 0.3) is 0 Å². The molecule has 0 heterocycles. The van der Waals surface area contributed by atoms with E-state index in [0.717, 1.165) is 26.0 Å². The van der Waals surface area contributed by atoms with E-state index in [1.54, 1.807) is 27.7 Å². The maximum atomic E-state index is 15.3. The van der Waals surface area contributed by atoms with Crippen molar-refractivity contribution < 1.29 is 8.78 Å². The van der Waals surface area contributed by atoms with Crippen LogP contribution >= 0.6 is 31.9 Å². The fourth-order valence-corrected chi connectivity index (χ4v) is 5.01. The van der Waals surface area contributed by atoms with Crippen LogP contribution < -0.4 is 4.90 Å². The average molecular weight is 535 g/mol. The van der Waals surface area contributed by atoms with Crippen molar-refractivity contribution in [2.24, 2.45) is 0 Å². The van der Waals surface area contributed by atoms with E-state index in [1.807, 2.05) is 66.7 Å². The topological polar surface area (TPSA) is 3.24 Å². The average Bonchev–Trinajstić information content (AvgIpc) is 2.80. The van der Waals surface area contributed by atoms with Crippen LogP contribution in [0.2, 0.25) is 0 Å². The van der Waals surface area contributed by atoms with Crippen molar-refractivity contribution in [2.45, 2.75) is 44.4 Å². The molecule has 156 valence electrons. The van der Waals surface area contributed by atoms with Crippen molar-refractivity contribution in [1.29, 1.82) is 0 Å². The Hall–Kier alpha value is -1.72. The normalized spacial score (nSPS) is 18.1. The number of hydrogen-bond donors (Lipinski definition) is 0. The van der Waals surface area contributed by atoms with Crippen LogP contribution in [0.1, 0.15) is 38.8 Å². The highest BCUT2D eigenvalue weighted by Crippen LogP contribution is 2.60. The summed E-state index contributed by atoms with van der Waals surface area (Å²) in [5.41, 5.74) is 1.73. The molecule has 3 aromatic rings. The molecule has 3 aromatic carbocycles. The van der Waals surface area contributed by atoms with Crippen LogP contribution in [0.5, 0.6) is 0 Å². The third-order valence-electron chi connectivity index (χ3n) is 6.35. The molecule has 0 spiro atoms. The number of hydrogen-bond acceptors (Lipinski definition) is 1. The fourth-order valence-electron chi connectivity index (χ4n) is 4.48. The zero-order valence-electron chi connectivity index (χ0n) is 17.3. The summed E-state index contributed by atoms with van der Waals surface area (Å²) in [6.07, 6.45) is 0. The monoisotopic (exact) mass is 533 g/mol. The Bertz CT molecular complexity index is 1040. The summed E-state index contributed by atoms with van der Waals surface area (Å²) in [6.45, 7) is 6.57. The van der Waals surface area contributed by atoms with Gasteiger partial charge in [0.1, 0.15) is 0 Å². The molecule has 0 atom stereocenters. The molecule has 5 heteroatoms. The second-order valence-corrected chi connectivity index (χ2v) is 10.7. The van der Waals surface area contributed by atoms with Crippen molar-refractivity contribution in [3.05, 3.63) is 86.8 Å². The van der Waals surface area contributed by atoms with Gasteiger partial charge >= 0.3 is 0 Å². The van der Waals surface area contributed by atoms with Gasteiger partial charge in [-0.15, -0.1) is 0 Å².